The molecule has 3 amide bonds. The van der Waals surface area contributed by atoms with Crippen LogP contribution in [0, 0.1) is 0 Å². The van der Waals surface area contributed by atoms with Gasteiger partial charge in [0.15, 0.2) is 0 Å². The third kappa shape index (κ3) is 5.95. The number of hydrogen-bond acceptors (Lipinski definition) is 4. The third-order valence-electron chi connectivity index (χ3n) is 4.48. The number of nitrogens with one attached hydrogen (secondary N) is 4. The van der Waals surface area contributed by atoms with Crippen LogP contribution in [0.25, 0.3) is 0 Å². The van der Waals surface area contributed by atoms with E-state index >= 15 is 0 Å². The number of aliphatic hydroxyl groups is 1. The van der Waals surface area contributed by atoms with Crippen LogP contribution in [0.1, 0.15) is 24.9 Å². The Hall–Kier alpha value is -2.61. The van der Waals surface area contributed by atoms with Gasteiger partial charge in [0.1, 0.15) is 0 Å². The number of hydrogen-bond donors (Lipinski definition) is 5. The number of halogens is 1. The molecule has 3 unspecified atom stereocenters. The number of anilines is 2. The number of para-hydroxylation sites is 1. The summed E-state index contributed by atoms with van der Waals surface area (Å²) in [6.07, 6.45) is -0.0405. The van der Waals surface area contributed by atoms with E-state index in [0.29, 0.717) is 24.3 Å². The summed E-state index contributed by atoms with van der Waals surface area (Å²) in [5.41, 5.74) is 2.30. The van der Waals surface area contributed by atoms with Gasteiger partial charge in [-0.15, -0.1) is 12.4 Å². The molecule has 7 nitrogen and oxygen atoms in total. The van der Waals surface area contributed by atoms with Gasteiger partial charge in [0.05, 0.1) is 18.2 Å². The number of rotatable bonds is 5. The van der Waals surface area contributed by atoms with Crippen LogP contribution in [0.3, 0.4) is 0 Å². The first-order chi connectivity index (χ1) is 13.0. The molecule has 1 aliphatic rings. The molecule has 150 valence electrons. The summed E-state index contributed by atoms with van der Waals surface area (Å²) in [5, 5.41) is 21.0. The lowest BCUT2D eigenvalue weighted by Crippen LogP contribution is -2.41. The molecule has 3 rings (SSSR count). The summed E-state index contributed by atoms with van der Waals surface area (Å²) in [6, 6.07) is 15.7. The van der Waals surface area contributed by atoms with Crippen LogP contribution in [0.4, 0.5) is 16.2 Å². The Bertz CT molecular complexity index is 786. The fourth-order valence-electron chi connectivity index (χ4n) is 2.98. The number of benzene rings is 2. The molecule has 0 saturated carbocycles. The number of amides is 3. The number of aliphatic hydroxyl groups excluding tert-OH is 1. The molecule has 0 radical (unpaired) electrons. The second-order valence-electron chi connectivity index (χ2n) is 6.65. The average Bonchev–Trinajstić information content (AvgIpc) is 3.09. The predicted octanol–water partition coefficient (Wildman–Crippen LogP) is 2.65. The van der Waals surface area contributed by atoms with Crippen LogP contribution in [0.15, 0.2) is 54.6 Å². The topological polar surface area (TPSA) is 102 Å². The fraction of sp³-hybridized carbons (Fsp3) is 0.300. The van der Waals surface area contributed by atoms with E-state index in [1.807, 2.05) is 49.4 Å². The second kappa shape index (κ2) is 10.1. The number of β-amino-alcohol motifs (C(OH)–C–C–N with tert-alkyl or cyclic N) is 1. The summed E-state index contributed by atoms with van der Waals surface area (Å²) >= 11 is 0. The van der Waals surface area contributed by atoms with E-state index < -0.39 is 6.10 Å². The summed E-state index contributed by atoms with van der Waals surface area (Å²) < 4.78 is 0. The Balaban J connectivity index is 0.00000280. The van der Waals surface area contributed by atoms with E-state index in [1.54, 1.807) is 12.1 Å². The van der Waals surface area contributed by atoms with Crippen molar-refractivity contribution in [3.63, 3.8) is 0 Å². The van der Waals surface area contributed by atoms with Crippen molar-refractivity contribution < 1.29 is 14.7 Å². The molecule has 1 fully saturated rings. The number of urea groups is 1. The maximum atomic E-state index is 12.2. The van der Waals surface area contributed by atoms with Gasteiger partial charge < -0.3 is 26.4 Å². The van der Waals surface area contributed by atoms with E-state index in [1.165, 1.54) is 0 Å². The smallest absolute Gasteiger partial charge is 0.323 e. The first-order valence-corrected chi connectivity index (χ1v) is 8.96. The molecule has 8 heteroatoms. The molecule has 1 heterocycles. The van der Waals surface area contributed by atoms with Crippen molar-refractivity contribution in [2.45, 2.75) is 31.5 Å². The van der Waals surface area contributed by atoms with Gasteiger partial charge in [-0.1, -0.05) is 30.3 Å². The second-order valence-corrected chi connectivity index (χ2v) is 6.65. The van der Waals surface area contributed by atoms with E-state index in [2.05, 4.69) is 21.3 Å². The predicted molar refractivity (Wildman–Crippen MR) is 112 cm³/mol. The molecule has 5 N–H and O–H groups in total. The van der Waals surface area contributed by atoms with E-state index in [-0.39, 0.29) is 36.4 Å². The zero-order valence-corrected chi connectivity index (χ0v) is 16.3. The molecular formula is C20H25ClN4O3. The first kappa shape index (κ1) is 21.7. The van der Waals surface area contributed by atoms with Crippen molar-refractivity contribution >= 4 is 35.7 Å². The van der Waals surface area contributed by atoms with Crippen molar-refractivity contribution in [1.29, 1.82) is 0 Å². The monoisotopic (exact) mass is 404 g/mol. The normalized spacial score (nSPS) is 19.2. The number of carbonyl (C=O) groups is 2. The average molecular weight is 405 g/mol. The van der Waals surface area contributed by atoms with Crippen LogP contribution < -0.4 is 21.3 Å². The highest BCUT2D eigenvalue weighted by Gasteiger charge is 2.28. The number of carbonyl (C=O) groups excluding carboxylic acids is 2. The molecule has 0 aliphatic carbocycles. The van der Waals surface area contributed by atoms with Gasteiger partial charge in [-0.3, -0.25) is 4.79 Å². The lowest BCUT2D eigenvalue weighted by molar-refractivity contribution is -0.123. The molecule has 2 aromatic rings. The standard InChI is InChI=1S/C20H24N4O3.ClH/c1-13(22-19(26)18-11-17(25)12-21-18)14-7-9-16(10-8-14)24-20(27)23-15-5-3-2-4-6-15;/h2-10,13,17-18,21,25H,11-12H2,1H3,(H,22,26)(H2,23,24,27);1H. The highest BCUT2D eigenvalue weighted by atomic mass is 35.5. The van der Waals surface area contributed by atoms with Gasteiger partial charge in [-0.05, 0) is 43.2 Å². The summed E-state index contributed by atoms with van der Waals surface area (Å²) in [5.74, 6) is -0.122. The summed E-state index contributed by atoms with van der Waals surface area (Å²) in [6.45, 7) is 2.34. The van der Waals surface area contributed by atoms with Crippen molar-refractivity contribution in [3.05, 3.63) is 60.2 Å². The molecule has 3 atom stereocenters. The van der Waals surface area contributed by atoms with Gasteiger partial charge in [0.25, 0.3) is 0 Å². The van der Waals surface area contributed by atoms with Gasteiger partial charge in [0, 0.05) is 17.9 Å². The van der Waals surface area contributed by atoms with Crippen LogP contribution in [0.2, 0.25) is 0 Å². The van der Waals surface area contributed by atoms with Gasteiger partial charge >= 0.3 is 6.03 Å². The fourth-order valence-corrected chi connectivity index (χ4v) is 2.98. The van der Waals surface area contributed by atoms with E-state index in [0.717, 1.165) is 5.56 Å². The quantitative estimate of drug-likeness (QED) is 0.528. The van der Waals surface area contributed by atoms with Crippen molar-refractivity contribution in [1.82, 2.24) is 10.6 Å². The molecule has 28 heavy (non-hydrogen) atoms. The van der Waals surface area contributed by atoms with E-state index in [4.69, 9.17) is 0 Å². The Morgan fingerprint density at radius 3 is 2.21 bits per heavy atom. The third-order valence-corrected chi connectivity index (χ3v) is 4.48. The summed E-state index contributed by atoms with van der Waals surface area (Å²) in [4.78, 5) is 24.2. The van der Waals surface area contributed by atoms with Gasteiger partial charge in [-0.25, -0.2) is 4.79 Å². The maximum absolute atomic E-state index is 12.2. The highest BCUT2D eigenvalue weighted by Crippen LogP contribution is 2.17. The molecule has 1 saturated heterocycles. The maximum Gasteiger partial charge on any atom is 0.323 e. The van der Waals surface area contributed by atoms with Gasteiger partial charge in [0.2, 0.25) is 5.91 Å². The summed E-state index contributed by atoms with van der Waals surface area (Å²) in [7, 11) is 0. The minimum atomic E-state index is -0.469. The zero-order chi connectivity index (χ0) is 19.2. The molecule has 0 aromatic heterocycles. The minimum Gasteiger partial charge on any atom is -0.392 e. The Morgan fingerprint density at radius 2 is 1.64 bits per heavy atom. The largest absolute Gasteiger partial charge is 0.392 e. The van der Waals surface area contributed by atoms with Gasteiger partial charge in [-0.2, -0.15) is 0 Å². The first-order valence-electron chi connectivity index (χ1n) is 8.96. The zero-order valence-electron chi connectivity index (χ0n) is 15.5. The van der Waals surface area contributed by atoms with Crippen LogP contribution in [0.5, 0.6) is 0 Å². The van der Waals surface area contributed by atoms with Crippen molar-refractivity contribution in [2.75, 3.05) is 17.2 Å². The Labute approximate surface area is 170 Å². The lowest BCUT2D eigenvalue weighted by Gasteiger charge is -2.18. The molecule has 0 bridgehead atoms. The molecule has 0 spiro atoms. The Morgan fingerprint density at radius 1 is 1.04 bits per heavy atom. The van der Waals surface area contributed by atoms with Crippen LogP contribution >= 0.6 is 12.4 Å². The molecule has 1 aliphatic heterocycles. The van der Waals surface area contributed by atoms with E-state index in [9.17, 15) is 14.7 Å². The van der Waals surface area contributed by atoms with Crippen LogP contribution in [-0.4, -0.2) is 35.7 Å². The van der Waals surface area contributed by atoms with Crippen molar-refractivity contribution in [3.8, 4) is 0 Å². The van der Waals surface area contributed by atoms with Crippen LogP contribution in [-0.2, 0) is 4.79 Å². The Kier molecular flexibility index (Phi) is 7.80. The molecular weight excluding hydrogens is 380 g/mol. The SMILES string of the molecule is CC(NC(=O)C1CC(O)CN1)c1ccc(NC(=O)Nc2ccccc2)cc1.Cl. The minimum absolute atomic E-state index is 0. The van der Waals surface area contributed by atoms with Crippen molar-refractivity contribution in [2.24, 2.45) is 0 Å². The highest BCUT2D eigenvalue weighted by molar-refractivity contribution is 5.99. The lowest BCUT2D eigenvalue weighted by atomic mass is 10.1. The molecule has 2 aromatic carbocycles.